The molecule has 0 saturated heterocycles. The first kappa shape index (κ1) is 18.3. The minimum atomic E-state index is -4.72. The van der Waals surface area contributed by atoms with Crippen LogP contribution in [0.25, 0.3) is 0 Å². The van der Waals surface area contributed by atoms with Crippen molar-refractivity contribution >= 4 is 17.5 Å². The van der Waals surface area contributed by atoms with Crippen molar-refractivity contribution in [1.29, 1.82) is 0 Å². The number of aryl methyl sites for hydroxylation is 2. The molecule has 0 radical (unpaired) electrons. The molecule has 0 fully saturated rings. The van der Waals surface area contributed by atoms with Gasteiger partial charge in [-0.1, -0.05) is 11.6 Å². The van der Waals surface area contributed by atoms with Gasteiger partial charge >= 0.3 is 6.18 Å². The number of hydrogen-bond acceptors (Lipinski definition) is 3. The molecule has 1 atom stereocenters. The average Bonchev–Trinajstić information content (AvgIpc) is 2.98. The van der Waals surface area contributed by atoms with E-state index in [0.717, 1.165) is 15.9 Å². The molecule has 2 heterocycles. The summed E-state index contributed by atoms with van der Waals surface area (Å²) in [7, 11) is 1.24. The molecule has 0 aliphatic rings. The van der Waals surface area contributed by atoms with Gasteiger partial charge in [0.25, 0.3) is 5.91 Å². The van der Waals surface area contributed by atoms with E-state index in [1.807, 2.05) is 13.8 Å². The summed E-state index contributed by atoms with van der Waals surface area (Å²) in [4.78, 5) is 12.3. The van der Waals surface area contributed by atoms with E-state index in [1.165, 1.54) is 7.05 Å². The molecule has 0 spiro atoms. The summed E-state index contributed by atoms with van der Waals surface area (Å²) in [6.45, 7) is 6.18. The summed E-state index contributed by atoms with van der Waals surface area (Å²) in [5, 5.41) is 9.40. The van der Waals surface area contributed by atoms with Gasteiger partial charge in [-0.25, -0.2) is 0 Å². The molecule has 10 heteroatoms. The van der Waals surface area contributed by atoms with Crippen LogP contribution in [-0.2, 0) is 19.8 Å². The van der Waals surface area contributed by atoms with Crippen molar-refractivity contribution in [3.8, 4) is 0 Å². The number of nitrogens with zero attached hydrogens (tertiary/aromatic N) is 4. The van der Waals surface area contributed by atoms with Crippen LogP contribution in [0.15, 0.2) is 6.20 Å². The van der Waals surface area contributed by atoms with Crippen LogP contribution in [0.3, 0.4) is 0 Å². The number of rotatable bonds is 4. The van der Waals surface area contributed by atoms with Gasteiger partial charge in [-0.3, -0.25) is 14.2 Å². The second-order valence-electron chi connectivity index (χ2n) is 5.33. The zero-order valence-corrected chi connectivity index (χ0v) is 14.3. The highest BCUT2D eigenvalue weighted by molar-refractivity contribution is 6.34. The molecule has 6 nitrogen and oxygen atoms in total. The lowest BCUT2D eigenvalue weighted by atomic mass is 10.1. The van der Waals surface area contributed by atoms with Crippen LogP contribution in [0.1, 0.15) is 47.3 Å². The van der Waals surface area contributed by atoms with Crippen LogP contribution in [0.2, 0.25) is 5.02 Å². The van der Waals surface area contributed by atoms with Crippen LogP contribution >= 0.6 is 11.6 Å². The van der Waals surface area contributed by atoms with E-state index in [9.17, 15) is 18.0 Å². The van der Waals surface area contributed by atoms with Crippen LogP contribution in [0.4, 0.5) is 13.2 Å². The Hall–Kier alpha value is -2.03. The molecule has 2 aromatic rings. The molecule has 0 aliphatic carbocycles. The maximum Gasteiger partial charge on any atom is 0.436 e. The molecular weight excluding hydrogens is 347 g/mol. The monoisotopic (exact) mass is 363 g/mol. The Balaban J connectivity index is 2.27. The van der Waals surface area contributed by atoms with Crippen molar-refractivity contribution < 1.29 is 18.0 Å². The Morgan fingerprint density at radius 3 is 2.54 bits per heavy atom. The third-order valence-electron chi connectivity index (χ3n) is 3.73. The predicted octanol–water partition coefficient (Wildman–Crippen LogP) is 3.11. The second-order valence-corrected chi connectivity index (χ2v) is 5.71. The number of aromatic nitrogens is 4. The van der Waals surface area contributed by atoms with E-state index in [0.29, 0.717) is 6.54 Å². The summed E-state index contributed by atoms with van der Waals surface area (Å²) >= 11 is 5.72. The van der Waals surface area contributed by atoms with Gasteiger partial charge in [-0.2, -0.15) is 23.4 Å². The second kappa shape index (κ2) is 6.46. The highest BCUT2D eigenvalue weighted by Crippen LogP contribution is 2.35. The number of alkyl halides is 3. The van der Waals surface area contributed by atoms with Gasteiger partial charge in [-0.05, 0) is 20.8 Å². The minimum absolute atomic E-state index is 0.337. The molecule has 0 aromatic carbocycles. The van der Waals surface area contributed by atoms with Crippen molar-refractivity contribution in [2.75, 3.05) is 0 Å². The van der Waals surface area contributed by atoms with E-state index in [4.69, 9.17) is 11.6 Å². The molecule has 1 unspecified atom stereocenters. The van der Waals surface area contributed by atoms with Crippen molar-refractivity contribution in [3.05, 3.63) is 33.9 Å². The van der Waals surface area contributed by atoms with E-state index in [1.54, 1.807) is 17.8 Å². The lowest BCUT2D eigenvalue weighted by Crippen LogP contribution is -2.29. The Kier molecular flexibility index (Phi) is 4.93. The van der Waals surface area contributed by atoms with Crippen LogP contribution in [-0.4, -0.2) is 25.5 Å². The number of halogens is 4. The molecule has 132 valence electrons. The Morgan fingerprint density at radius 1 is 1.46 bits per heavy atom. The van der Waals surface area contributed by atoms with Crippen molar-refractivity contribution in [2.24, 2.45) is 7.05 Å². The van der Waals surface area contributed by atoms with Gasteiger partial charge in [0.2, 0.25) is 0 Å². The maximum absolute atomic E-state index is 12.8. The van der Waals surface area contributed by atoms with E-state index in [2.05, 4.69) is 15.5 Å². The number of carbonyl (C=O) groups excluding carboxylic acids is 1. The third-order valence-corrected chi connectivity index (χ3v) is 4.09. The Morgan fingerprint density at radius 2 is 2.08 bits per heavy atom. The Labute approximate surface area is 141 Å². The lowest BCUT2D eigenvalue weighted by Gasteiger charge is -2.14. The average molecular weight is 364 g/mol. The summed E-state index contributed by atoms with van der Waals surface area (Å²) in [5.74, 6) is -0.735. The van der Waals surface area contributed by atoms with Gasteiger partial charge in [0.1, 0.15) is 10.7 Å². The first-order valence-electron chi connectivity index (χ1n) is 7.20. The summed E-state index contributed by atoms with van der Waals surface area (Å²) in [6.07, 6.45) is -3.10. The standard InChI is InChI=1S/C14H17ClF3N5O/c1-5-23-8(3)9(6-19-23)7(2)20-13(24)11-10(15)12(14(16,17)18)21-22(11)4/h6-7H,5H2,1-4H3,(H,20,24). The fourth-order valence-electron chi connectivity index (χ4n) is 2.47. The zero-order valence-electron chi connectivity index (χ0n) is 13.6. The van der Waals surface area contributed by atoms with Crippen molar-refractivity contribution in [2.45, 2.75) is 39.5 Å². The summed E-state index contributed by atoms with van der Waals surface area (Å²) in [5.41, 5.74) is 0.0350. The molecule has 1 amide bonds. The molecule has 0 saturated carbocycles. The number of carbonyl (C=O) groups is 1. The lowest BCUT2D eigenvalue weighted by molar-refractivity contribution is -0.141. The van der Waals surface area contributed by atoms with Gasteiger partial charge in [0.15, 0.2) is 5.69 Å². The normalized spacial score (nSPS) is 13.2. The van der Waals surface area contributed by atoms with E-state index >= 15 is 0 Å². The number of hydrogen-bond donors (Lipinski definition) is 1. The molecule has 2 aromatic heterocycles. The van der Waals surface area contributed by atoms with Crippen LogP contribution in [0.5, 0.6) is 0 Å². The predicted molar refractivity (Wildman–Crippen MR) is 81.7 cm³/mol. The van der Waals surface area contributed by atoms with Gasteiger partial charge < -0.3 is 5.32 Å². The molecule has 0 aliphatic heterocycles. The highest BCUT2D eigenvalue weighted by atomic mass is 35.5. The maximum atomic E-state index is 12.8. The zero-order chi connectivity index (χ0) is 18.2. The van der Waals surface area contributed by atoms with Crippen LogP contribution in [0, 0.1) is 6.92 Å². The molecule has 0 bridgehead atoms. The van der Waals surface area contributed by atoms with Gasteiger partial charge in [-0.15, -0.1) is 0 Å². The minimum Gasteiger partial charge on any atom is -0.344 e. The summed E-state index contributed by atoms with van der Waals surface area (Å²) in [6, 6.07) is -0.446. The summed E-state index contributed by atoms with van der Waals surface area (Å²) < 4.78 is 41.1. The third kappa shape index (κ3) is 3.26. The largest absolute Gasteiger partial charge is 0.436 e. The van der Waals surface area contributed by atoms with Crippen LogP contribution < -0.4 is 5.32 Å². The fraction of sp³-hybridized carbons (Fsp3) is 0.500. The first-order chi connectivity index (χ1) is 11.1. The van der Waals surface area contributed by atoms with Crippen molar-refractivity contribution in [1.82, 2.24) is 24.9 Å². The SMILES string of the molecule is CCn1ncc(C(C)NC(=O)c2c(Cl)c(C(F)(F)F)nn2C)c1C. The van der Waals surface area contributed by atoms with E-state index < -0.39 is 28.8 Å². The molecular formula is C14H17ClF3N5O. The van der Waals surface area contributed by atoms with Gasteiger partial charge in [0, 0.05) is 24.8 Å². The Bertz CT molecular complexity index is 765. The van der Waals surface area contributed by atoms with Crippen molar-refractivity contribution in [3.63, 3.8) is 0 Å². The highest BCUT2D eigenvalue weighted by Gasteiger charge is 2.39. The fourth-order valence-corrected chi connectivity index (χ4v) is 2.83. The van der Waals surface area contributed by atoms with E-state index in [-0.39, 0.29) is 5.69 Å². The quantitative estimate of drug-likeness (QED) is 0.907. The number of amides is 1. The smallest absolute Gasteiger partial charge is 0.344 e. The molecule has 24 heavy (non-hydrogen) atoms. The van der Waals surface area contributed by atoms with Gasteiger partial charge in [0.05, 0.1) is 12.2 Å². The molecule has 1 N–H and O–H groups in total. The molecule has 2 rings (SSSR count). The topological polar surface area (TPSA) is 64.7 Å². The first-order valence-corrected chi connectivity index (χ1v) is 7.58. The number of nitrogens with one attached hydrogen (secondary N) is 1.